The van der Waals surface area contributed by atoms with Crippen molar-refractivity contribution >= 4 is 71.3 Å². The molecule has 70 heavy (non-hydrogen) atoms. The standard InChI is InChI=1S/2C22H24N2O8.C2H6O.2ClH.H2O/c2*1-7-8-5-4-6-9(25)11(8)16(26)12-10(7)17(27)14-15(24(2)3)18(28)13(21(23)31)20(30)22(14,32)19(12)29;1-2-3;;;/h2*4-7,10,14-15,17,25-27,30,32H,1-3H3,(H2,23,31);3H,2H2,1H3;2*1H;1H2/t2*7-,10+,14+,15-,17-,22-;;;;/m00..../s1/i2*2+1D3,3+1D3;;;;. The number of aliphatic hydroxyl groups excluding tert-OH is 7. The zero-order chi connectivity index (χ0) is 60.4. The first kappa shape index (κ1) is 41.8. The lowest BCUT2D eigenvalue weighted by Crippen LogP contribution is -2.70. The van der Waals surface area contributed by atoms with Crippen LogP contribution in [0.5, 0.6) is 11.5 Å². The summed E-state index contributed by atoms with van der Waals surface area (Å²) in [6.45, 7) is -9.50. The largest absolute Gasteiger partial charge is 0.508 e. The predicted molar refractivity (Wildman–Crippen MR) is 252 cm³/mol. The van der Waals surface area contributed by atoms with Gasteiger partial charge in [-0.1, -0.05) is 38.1 Å². The molecule has 0 bridgehead atoms. The van der Waals surface area contributed by atoms with Gasteiger partial charge in [0.1, 0.15) is 45.7 Å². The van der Waals surface area contributed by atoms with E-state index in [1.165, 1.54) is 50.2 Å². The Bertz CT molecular complexity index is 2880. The highest BCUT2D eigenvalue weighted by Crippen LogP contribution is 2.58. The Morgan fingerprint density at radius 3 is 1.21 bits per heavy atom. The molecule has 0 saturated heterocycles. The van der Waals surface area contributed by atoms with Crippen molar-refractivity contribution in [3.8, 4) is 11.5 Å². The average molecular weight is 1040 g/mol. The molecule has 2 amide bonds. The number of aliphatic hydroxyl groups is 9. The lowest BCUT2D eigenvalue weighted by molar-refractivity contribution is -0.170. The van der Waals surface area contributed by atoms with Crippen LogP contribution in [0.2, 0.25) is 0 Å². The number of Topliss-reactive ketones (excluding diaryl/α,β-unsaturated/α-hetero) is 4. The highest BCUT2D eigenvalue weighted by atomic mass is 35.5. The van der Waals surface area contributed by atoms with E-state index >= 15 is 0 Å². The van der Waals surface area contributed by atoms with Gasteiger partial charge in [0.05, 0.1) is 47.3 Å². The summed E-state index contributed by atoms with van der Waals surface area (Å²) >= 11 is 0. The minimum Gasteiger partial charge on any atom is -0.508 e. The topological polar surface area (TPSA) is 415 Å². The predicted octanol–water partition coefficient (Wildman–Crippen LogP) is -0.991. The molecule has 2 aromatic rings. The number of phenols is 2. The third-order valence-electron chi connectivity index (χ3n) is 13.4. The maximum Gasteiger partial charge on any atom is 0.255 e. The highest BCUT2D eigenvalue weighted by molar-refractivity contribution is 6.26. The van der Waals surface area contributed by atoms with Crippen molar-refractivity contribution in [1.82, 2.24) is 9.80 Å². The number of ketones is 4. The summed E-state index contributed by atoms with van der Waals surface area (Å²) in [6, 6.07) is 3.03. The number of hydrogen-bond acceptors (Lipinski definition) is 19. The number of phenolic OH excluding ortho intramolecular Hbond substituents is 2. The summed E-state index contributed by atoms with van der Waals surface area (Å²) in [6.07, 6.45) is -4.28. The van der Waals surface area contributed by atoms with E-state index in [0.717, 1.165) is 0 Å². The Labute approximate surface area is 429 Å². The second kappa shape index (κ2) is 20.4. The second-order valence-corrected chi connectivity index (χ2v) is 16.7. The number of likely N-dealkylation sites (N-methyl/N-ethyl adjacent to an activating group) is 2. The molecule has 6 aliphatic carbocycles. The molecule has 8 rings (SSSR count). The number of aromatic hydroxyl groups is 2. The van der Waals surface area contributed by atoms with Gasteiger partial charge in [-0.3, -0.25) is 38.6 Å². The number of carbonyl (C=O) groups excluding carboxylic acids is 6. The fraction of sp³-hybridized carbons (Fsp3) is 0.435. The van der Waals surface area contributed by atoms with Gasteiger partial charge in [-0.25, -0.2) is 0 Å². The van der Waals surface area contributed by atoms with E-state index in [9.17, 15) is 79.8 Å². The van der Waals surface area contributed by atoms with Crippen LogP contribution in [0.25, 0.3) is 11.5 Å². The van der Waals surface area contributed by atoms with Gasteiger partial charge >= 0.3 is 0 Å². The number of nitrogens with two attached hydrogens (primary N) is 2. The molecule has 2 saturated carbocycles. The molecule has 2 aromatic carbocycles. The SMILES string of the molecule is CCO.Cl.Cl.O.[2H][13C]([2H])([2H])N([C@@H]1C(=O)C(C(N)=O)=C(O)[C@@]2(O)C(=O)C3=C(O)c4c(O)cccc4[C@H](C)[C@H]3[C@H](O)[C@@H]12)[13C]([2H])([2H])[2H].[2H][13C]([2H])([2H])N([C@@H]1C(=O)C(C(N)=O)=C(O)[C@@]2(O)C(=O)C3=C(O)c4c(O)cccc4[C@H](C)[C@H]3[C@H](O)[C@@H]12)[13C]([2H])([2H])[2H]. The molecule has 22 nitrogen and oxygen atoms in total. The van der Waals surface area contributed by atoms with E-state index < -0.39 is 191 Å². The van der Waals surface area contributed by atoms with Crippen LogP contribution in [0, 0.1) is 23.7 Å². The van der Waals surface area contributed by atoms with Crippen LogP contribution < -0.4 is 11.5 Å². The maximum atomic E-state index is 13.9. The number of halogens is 2. The molecule has 0 spiro atoms. The minimum absolute atomic E-state index is 0. The Hall–Kier alpha value is -5.92. The number of carbonyl (C=O) groups is 6. The van der Waals surface area contributed by atoms with Crippen LogP contribution in [0.3, 0.4) is 0 Å². The Morgan fingerprint density at radius 2 is 0.943 bits per heavy atom. The zero-order valence-corrected chi connectivity index (χ0v) is 38.3. The fourth-order valence-electron chi connectivity index (χ4n) is 10.6. The molecule has 0 heterocycles. The molecule has 0 radical (unpaired) electrons. The van der Waals surface area contributed by atoms with Crippen LogP contribution in [-0.4, -0.2) is 176 Å². The molecular weight excluding hydrogens is 971 g/mol. The number of primary amides is 2. The van der Waals surface area contributed by atoms with Gasteiger partial charge in [0.2, 0.25) is 11.6 Å². The summed E-state index contributed by atoms with van der Waals surface area (Å²) < 4.78 is 93.4. The molecular formula is C46H58Cl2N4O18. The second-order valence-electron chi connectivity index (χ2n) is 16.7. The van der Waals surface area contributed by atoms with E-state index in [-0.39, 0.29) is 69.0 Å². The van der Waals surface area contributed by atoms with Gasteiger partial charge in [0.15, 0.2) is 22.8 Å². The van der Waals surface area contributed by atoms with Crippen molar-refractivity contribution in [2.75, 3.05) is 34.5 Å². The molecule has 17 N–H and O–H groups in total. The van der Waals surface area contributed by atoms with E-state index in [4.69, 9.17) is 33.0 Å². The Balaban J connectivity index is 0.000000397. The van der Waals surface area contributed by atoms with Crippen molar-refractivity contribution in [3.05, 3.63) is 92.5 Å². The van der Waals surface area contributed by atoms with E-state index in [1.54, 1.807) is 6.92 Å². The third-order valence-corrected chi connectivity index (χ3v) is 13.4. The maximum absolute atomic E-state index is 13.9. The zero-order valence-electron chi connectivity index (χ0n) is 48.7. The summed E-state index contributed by atoms with van der Waals surface area (Å²) in [5.41, 5.74) is -0.684. The van der Waals surface area contributed by atoms with E-state index in [0.29, 0.717) is 0 Å². The van der Waals surface area contributed by atoms with Crippen LogP contribution in [0.1, 0.15) is 71.3 Å². The Morgan fingerprint density at radius 1 is 0.643 bits per heavy atom. The summed E-state index contributed by atoms with van der Waals surface area (Å²) in [5, 5.41) is 119. The van der Waals surface area contributed by atoms with Crippen LogP contribution in [0.15, 0.2) is 70.2 Å². The normalized spacial score (nSPS) is 34.9. The molecule has 12 atom stereocenters. The quantitative estimate of drug-likeness (QED) is 0.129. The minimum atomic E-state index is -3.60. The first-order chi connectivity index (χ1) is 36.0. The highest BCUT2D eigenvalue weighted by Gasteiger charge is 2.70. The molecule has 6 aliphatic rings. The van der Waals surface area contributed by atoms with Crippen LogP contribution in [-0.2, 0) is 28.8 Å². The first-order valence-corrected chi connectivity index (χ1v) is 20.2. The molecule has 0 unspecified atom stereocenters. The first-order valence-electron chi connectivity index (χ1n) is 26.2. The fourth-order valence-corrected chi connectivity index (χ4v) is 10.6. The van der Waals surface area contributed by atoms with E-state index in [1.807, 2.05) is 0 Å². The number of rotatable bonds is 4. The Kier molecular flexibility index (Phi) is 12.2. The lowest BCUT2D eigenvalue weighted by Gasteiger charge is -2.53. The van der Waals surface area contributed by atoms with Gasteiger partial charge in [0.25, 0.3) is 11.8 Å². The van der Waals surface area contributed by atoms with E-state index in [2.05, 4.69) is 0 Å². The van der Waals surface area contributed by atoms with Crippen molar-refractivity contribution in [1.29, 1.82) is 0 Å². The molecule has 24 heteroatoms. The van der Waals surface area contributed by atoms with Gasteiger partial charge < -0.3 is 73.1 Å². The summed E-state index contributed by atoms with van der Waals surface area (Å²) in [4.78, 5) is 78.3. The number of hydrogen-bond donors (Lipinski definition) is 13. The number of fused-ring (bicyclic) bond motifs is 6. The molecule has 0 aromatic heterocycles. The number of amides is 2. The van der Waals surface area contributed by atoms with Gasteiger partial charge in [0, 0.05) is 46.0 Å². The van der Waals surface area contributed by atoms with Crippen LogP contribution >= 0.6 is 24.8 Å². The summed E-state index contributed by atoms with van der Waals surface area (Å²) in [5.74, 6) is -25.1. The van der Waals surface area contributed by atoms with Gasteiger partial charge in [-0.15, -0.1) is 24.8 Å². The number of benzene rings is 2. The van der Waals surface area contributed by atoms with Crippen molar-refractivity contribution in [2.45, 2.75) is 68.1 Å². The monoisotopic (exact) mass is 1040 g/mol. The summed E-state index contributed by atoms with van der Waals surface area (Å²) in [7, 11) is 0. The average Bonchev–Trinajstić information content (AvgIpc) is 3.29. The molecule has 0 aliphatic heterocycles. The van der Waals surface area contributed by atoms with Gasteiger partial charge in [-0.05, 0) is 69.9 Å². The smallest absolute Gasteiger partial charge is 0.255 e. The van der Waals surface area contributed by atoms with Gasteiger partial charge in [-0.2, -0.15) is 0 Å². The van der Waals surface area contributed by atoms with Crippen LogP contribution in [0.4, 0.5) is 0 Å². The van der Waals surface area contributed by atoms with Crippen molar-refractivity contribution < 1.29 is 107 Å². The number of nitrogens with zero attached hydrogens (tertiary/aromatic N) is 2. The lowest BCUT2D eigenvalue weighted by atomic mass is 9.54. The molecule has 384 valence electrons. The van der Waals surface area contributed by atoms with Crippen molar-refractivity contribution in [3.63, 3.8) is 0 Å². The molecule has 2 fully saturated rings. The van der Waals surface area contributed by atoms with Crippen molar-refractivity contribution in [2.24, 2.45) is 35.1 Å². The third kappa shape index (κ3) is 8.01.